The molecule has 1 aliphatic heterocycles. The second-order valence-corrected chi connectivity index (χ2v) is 5.63. The number of aromatic nitrogens is 2. The van der Waals surface area contributed by atoms with Crippen LogP contribution in [0.4, 0.5) is 5.69 Å². The first-order valence-corrected chi connectivity index (χ1v) is 7.23. The molecule has 2 heterocycles. The largest absolute Gasteiger partial charge is 0.307 e. The van der Waals surface area contributed by atoms with E-state index >= 15 is 0 Å². The molecule has 0 aliphatic carbocycles. The van der Waals surface area contributed by atoms with Crippen LogP contribution >= 0.6 is 11.5 Å². The van der Waals surface area contributed by atoms with Crippen LogP contribution in [0.5, 0.6) is 0 Å². The van der Waals surface area contributed by atoms with Gasteiger partial charge in [-0.25, -0.2) is 0 Å². The minimum absolute atomic E-state index is 0.0107. The summed E-state index contributed by atoms with van der Waals surface area (Å²) >= 11 is 1.15. The lowest BCUT2D eigenvalue weighted by Crippen LogP contribution is -2.31. The van der Waals surface area contributed by atoms with Crippen molar-refractivity contribution < 1.29 is 4.79 Å². The van der Waals surface area contributed by atoms with Crippen molar-refractivity contribution in [2.45, 2.75) is 25.7 Å². The van der Waals surface area contributed by atoms with Crippen molar-refractivity contribution in [3.63, 3.8) is 0 Å². The van der Waals surface area contributed by atoms with Gasteiger partial charge in [-0.1, -0.05) is 29.6 Å². The molecule has 4 nitrogen and oxygen atoms in total. The minimum Gasteiger partial charge on any atom is -0.307 e. The van der Waals surface area contributed by atoms with Crippen LogP contribution in [0.25, 0.3) is 0 Å². The zero-order valence-electron chi connectivity index (χ0n) is 10.7. The maximum atomic E-state index is 12.5. The third kappa shape index (κ3) is 2.26. The topological polar surface area (TPSA) is 46.1 Å². The molecule has 1 aromatic heterocycles. The fourth-order valence-electron chi connectivity index (χ4n) is 2.59. The highest BCUT2D eigenvalue weighted by molar-refractivity contribution is 7.07. The monoisotopic (exact) mass is 273 g/mol. The van der Waals surface area contributed by atoms with Gasteiger partial charge in [0.25, 0.3) is 5.91 Å². The molecule has 1 aliphatic rings. The van der Waals surface area contributed by atoms with Gasteiger partial charge >= 0.3 is 0 Å². The Morgan fingerprint density at radius 3 is 3.05 bits per heavy atom. The summed E-state index contributed by atoms with van der Waals surface area (Å²) in [6.45, 7) is 2.99. The van der Waals surface area contributed by atoms with Crippen LogP contribution in [0, 0.1) is 0 Å². The summed E-state index contributed by atoms with van der Waals surface area (Å²) in [4.78, 5) is 15.0. The third-order valence-corrected chi connectivity index (χ3v) is 4.25. The van der Waals surface area contributed by atoms with Crippen molar-refractivity contribution in [1.82, 2.24) is 9.59 Å². The number of para-hydroxylation sites is 1. The fraction of sp³-hybridized carbons (Fsp3) is 0.357. The van der Waals surface area contributed by atoms with E-state index in [-0.39, 0.29) is 5.91 Å². The second kappa shape index (κ2) is 5.09. The number of hydrogen-bond donors (Lipinski definition) is 0. The highest BCUT2D eigenvalue weighted by atomic mass is 32.1. The normalized spacial score (nSPS) is 18.8. The number of nitrogens with zero attached hydrogens (tertiary/aromatic N) is 3. The third-order valence-electron chi connectivity index (χ3n) is 3.59. The molecule has 1 amide bonds. The van der Waals surface area contributed by atoms with Gasteiger partial charge in [-0.05, 0) is 41.9 Å². The molecular weight excluding hydrogens is 258 g/mol. The summed E-state index contributed by atoms with van der Waals surface area (Å²) in [5, 5.41) is 3.75. The van der Waals surface area contributed by atoms with Crippen molar-refractivity contribution in [1.29, 1.82) is 0 Å². The van der Waals surface area contributed by atoms with E-state index in [1.807, 2.05) is 23.1 Å². The van der Waals surface area contributed by atoms with Crippen molar-refractivity contribution in [3.05, 3.63) is 40.9 Å². The van der Waals surface area contributed by atoms with Crippen LogP contribution in [0.1, 0.15) is 40.9 Å². The van der Waals surface area contributed by atoms with Gasteiger partial charge in [-0.2, -0.15) is 0 Å². The molecular formula is C14H15N3OS. The first-order valence-electron chi connectivity index (χ1n) is 6.45. The molecule has 1 unspecified atom stereocenters. The van der Waals surface area contributed by atoms with Gasteiger partial charge in [-0.15, -0.1) is 5.10 Å². The molecule has 98 valence electrons. The van der Waals surface area contributed by atoms with Gasteiger partial charge in [-0.3, -0.25) is 4.79 Å². The number of benzene rings is 1. The summed E-state index contributed by atoms with van der Waals surface area (Å²) in [6.07, 6.45) is 3.68. The summed E-state index contributed by atoms with van der Waals surface area (Å²) < 4.78 is 3.78. The van der Waals surface area contributed by atoms with E-state index in [9.17, 15) is 4.79 Å². The standard InChI is InChI=1S/C14H15N3OS/c1-10-5-4-8-17(12-7-3-2-6-11(10)12)14(18)13-9-15-16-19-13/h2-3,6-7,9-10H,4-5,8H2,1H3. The molecule has 1 aromatic carbocycles. The Labute approximate surface area is 116 Å². The molecule has 0 N–H and O–H groups in total. The van der Waals surface area contributed by atoms with Crippen LogP contribution in [-0.4, -0.2) is 22.0 Å². The Bertz CT molecular complexity index is 582. The first-order chi connectivity index (χ1) is 9.27. The van der Waals surface area contributed by atoms with Crippen molar-refractivity contribution >= 4 is 23.1 Å². The lowest BCUT2D eigenvalue weighted by molar-refractivity contribution is 0.0990. The second-order valence-electron chi connectivity index (χ2n) is 4.84. The van der Waals surface area contributed by atoms with Crippen molar-refractivity contribution in [3.8, 4) is 0 Å². The maximum Gasteiger partial charge on any atom is 0.271 e. The van der Waals surface area contributed by atoms with Gasteiger partial charge < -0.3 is 4.90 Å². The molecule has 0 saturated heterocycles. The highest BCUT2D eigenvalue weighted by Crippen LogP contribution is 2.34. The van der Waals surface area contributed by atoms with Crippen LogP contribution < -0.4 is 4.90 Å². The molecule has 3 rings (SSSR count). The van der Waals surface area contributed by atoms with Crippen LogP contribution in [0.3, 0.4) is 0 Å². The van der Waals surface area contributed by atoms with Gasteiger partial charge in [0.1, 0.15) is 4.88 Å². The fourth-order valence-corrected chi connectivity index (χ4v) is 3.05. The molecule has 2 aromatic rings. The molecule has 0 bridgehead atoms. The lowest BCUT2D eigenvalue weighted by atomic mass is 9.96. The number of hydrogen-bond acceptors (Lipinski definition) is 4. The van der Waals surface area contributed by atoms with Crippen molar-refractivity contribution in [2.75, 3.05) is 11.4 Å². The molecule has 0 fully saturated rings. The highest BCUT2D eigenvalue weighted by Gasteiger charge is 2.25. The van der Waals surface area contributed by atoms with Gasteiger partial charge in [0, 0.05) is 12.2 Å². The van der Waals surface area contributed by atoms with Gasteiger partial charge in [0.15, 0.2) is 0 Å². The Kier molecular flexibility index (Phi) is 3.29. The molecule has 1 atom stereocenters. The summed E-state index contributed by atoms with van der Waals surface area (Å²) in [7, 11) is 0. The summed E-state index contributed by atoms with van der Waals surface area (Å²) in [5.74, 6) is 0.505. The number of amides is 1. The van der Waals surface area contributed by atoms with E-state index in [0.29, 0.717) is 10.8 Å². The zero-order chi connectivity index (χ0) is 13.2. The molecule has 0 spiro atoms. The molecule has 0 radical (unpaired) electrons. The van der Waals surface area contributed by atoms with Gasteiger partial charge in [0.05, 0.1) is 6.20 Å². The van der Waals surface area contributed by atoms with E-state index in [0.717, 1.165) is 36.6 Å². The van der Waals surface area contributed by atoms with E-state index < -0.39 is 0 Å². The summed E-state index contributed by atoms with van der Waals surface area (Å²) in [5.41, 5.74) is 2.29. The van der Waals surface area contributed by atoms with E-state index in [1.54, 1.807) is 6.20 Å². The number of fused-ring (bicyclic) bond motifs is 1. The quantitative estimate of drug-likeness (QED) is 0.802. The first kappa shape index (κ1) is 12.3. The number of anilines is 1. The Hall–Kier alpha value is -1.75. The van der Waals surface area contributed by atoms with Crippen LogP contribution in [-0.2, 0) is 0 Å². The number of carbonyl (C=O) groups excluding carboxylic acids is 1. The van der Waals surface area contributed by atoms with Gasteiger partial charge in [0.2, 0.25) is 0 Å². The molecule has 0 saturated carbocycles. The smallest absolute Gasteiger partial charge is 0.271 e. The van der Waals surface area contributed by atoms with E-state index in [4.69, 9.17) is 0 Å². The maximum absolute atomic E-state index is 12.5. The SMILES string of the molecule is CC1CCCN(C(=O)c2cnns2)c2ccccc21. The number of rotatable bonds is 1. The Morgan fingerprint density at radius 2 is 2.26 bits per heavy atom. The number of carbonyl (C=O) groups is 1. The summed E-state index contributed by atoms with van der Waals surface area (Å²) in [6, 6.07) is 8.18. The van der Waals surface area contributed by atoms with Crippen LogP contribution in [0.15, 0.2) is 30.5 Å². The molecule has 5 heteroatoms. The predicted octanol–water partition coefficient (Wildman–Crippen LogP) is 3.08. The van der Waals surface area contributed by atoms with E-state index in [2.05, 4.69) is 22.6 Å². The lowest BCUT2D eigenvalue weighted by Gasteiger charge is -2.22. The minimum atomic E-state index is 0.0107. The zero-order valence-corrected chi connectivity index (χ0v) is 11.6. The average Bonchev–Trinajstić information content (AvgIpc) is 2.91. The van der Waals surface area contributed by atoms with Crippen molar-refractivity contribution in [2.24, 2.45) is 0 Å². The Morgan fingerprint density at radius 1 is 1.42 bits per heavy atom. The predicted molar refractivity (Wildman–Crippen MR) is 75.7 cm³/mol. The molecule has 19 heavy (non-hydrogen) atoms. The average molecular weight is 273 g/mol. The van der Waals surface area contributed by atoms with Crippen LogP contribution in [0.2, 0.25) is 0 Å². The van der Waals surface area contributed by atoms with E-state index in [1.165, 1.54) is 5.56 Å². The Balaban J connectivity index is 2.02.